The SMILES string of the molecule is CCCCCCCCCCCCC[PH]. The van der Waals surface area contributed by atoms with Crippen LogP contribution >= 0.6 is 9.24 Å². The smallest absolute Gasteiger partial charge is 0.0317 e. The van der Waals surface area contributed by atoms with Gasteiger partial charge in [-0.3, -0.25) is 0 Å². The van der Waals surface area contributed by atoms with Crippen molar-refractivity contribution in [1.29, 1.82) is 0 Å². The number of hydrogen-bond acceptors (Lipinski definition) is 0. The second-order valence-corrected chi connectivity index (χ2v) is 4.79. The quantitative estimate of drug-likeness (QED) is 0.318. The highest BCUT2D eigenvalue weighted by molar-refractivity contribution is 7.16. The van der Waals surface area contributed by atoms with Crippen molar-refractivity contribution in [3.63, 3.8) is 0 Å². The predicted octanol–water partition coefficient (Wildman–Crippen LogP) is 5.44. The Balaban J connectivity index is 2.78. The van der Waals surface area contributed by atoms with Crippen LogP contribution in [-0.4, -0.2) is 6.16 Å². The lowest BCUT2D eigenvalue weighted by atomic mass is 10.1. The Morgan fingerprint density at radius 1 is 0.571 bits per heavy atom. The van der Waals surface area contributed by atoms with Crippen molar-refractivity contribution >= 4 is 9.24 Å². The van der Waals surface area contributed by atoms with E-state index in [0.717, 1.165) is 0 Å². The minimum atomic E-state index is 1.18. The zero-order valence-electron chi connectivity index (χ0n) is 9.99. The molecule has 0 aliphatic heterocycles. The summed E-state index contributed by atoms with van der Waals surface area (Å²) in [7, 11) is 3.51. The zero-order valence-corrected chi connectivity index (χ0v) is 11.0. The maximum absolute atomic E-state index is 3.51. The summed E-state index contributed by atoms with van der Waals surface area (Å²) in [5.41, 5.74) is 0. The topological polar surface area (TPSA) is 0 Å². The minimum Gasteiger partial charge on any atom is -0.0992 e. The summed E-state index contributed by atoms with van der Waals surface area (Å²) in [5, 5.41) is 0. The van der Waals surface area contributed by atoms with Crippen LogP contribution in [0.2, 0.25) is 0 Å². The van der Waals surface area contributed by atoms with Crippen LogP contribution < -0.4 is 0 Å². The molecule has 0 fully saturated rings. The van der Waals surface area contributed by atoms with Crippen molar-refractivity contribution < 1.29 is 0 Å². The lowest BCUT2D eigenvalue weighted by Crippen LogP contribution is -1.82. The van der Waals surface area contributed by atoms with Crippen LogP contribution in [0.5, 0.6) is 0 Å². The summed E-state index contributed by atoms with van der Waals surface area (Å²) in [6.45, 7) is 2.28. The molecule has 14 heavy (non-hydrogen) atoms. The number of unbranched alkanes of at least 4 members (excludes halogenated alkanes) is 10. The Bertz CT molecular complexity index is 79.2. The van der Waals surface area contributed by atoms with Gasteiger partial charge >= 0.3 is 0 Å². The molecule has 85 valence electrons. The third-order valence-corrected chi connectivity index (χ3v) is 3.13. The molecule has 0 N–H and O–H groups in total. The average molecular weight is 215 g/mol. The Morgan fingerprint density at radius 2 is 0.929 bits per heavy atom. The highest BCUT2D eigenvalue weighted by atomic mass is 31.0. The molecule has 0 spiro atoms. The maximum atomic E-state index is 3.51. The van der Waals surface area contributed by atoms with Crippen LogP contribution in [0.4, 0.5) is 0 Å². The van der Waals surface area contributed by atoms with Crippen molar-refractivity contribution in [2.75, 3.05) is 6.16 Å². The summed E-state index contributed by atoms with van der Waals surface area (Å²) in [4.78, 5) is 0. The van der Waals surface area contributed by atoms with E-state index in [1.54, 1.807) is 0 Å². The van der Waals surface area contributed by atoms with E-state index in [1.165, 1.54) is 76.8 Å². The van der Waals surface area contributed by atoms with Crippen molar-refractivity contribution in [3.8, 4) is 0 Å². The summed E-state index contributed by atoms with van der Waals surface area (Å²) in [6, 6.07) is 0. The predicted molar refractivity (Wildman–Crippen MR) is 69.6 cm³/mol. The van der Waals surface area contributed by atoms with Gasteiger partial charge in [0.05, 0.1) is 0 Å². The van der Waals surface area contributed by atoms with Gasteiger partial charge in [0.2, 0.25) is 0 Å². The molecule has 0 saturated carbocycles. The Morgan fingerprint density at radius 3 is 1.29 bits per heavy atom. The number of rotatable bonds is 11. The Labute approximate surface area is 93.4 Å². The highest BCUT2D eigenvalue weighted by Crippen LogP contribution is 2.11. The van der Waals surface area contributed by atoms with Gasteiger partial charge < -0.3 is 0 Å². The van der Waals surface area contributed by atoms with E-state index in [0.29, 0.717) is 0 Å². The summed E-state index contributed by atoms with van der Waals surface area (Å²) < 4.78 is 0. The Hall–Kier alpha value is 0.430. The monoisotopic (exact) mass is 215 g/mol. The van der Waals surface area contributed by atoms with E-state index in [9.17, 15) is 0 Å². The van der Waals surface area contributed by atoms with Gasteiger partial charge in [0.15, 0.2) is 0 Å². The molecule has 0 aromatic rings. The maximum Gasteiger partial charge on any atom is -0.0317 e. The summed E-state index contributed by atoms with van der Waals surface area (Å²) >= 11 is 0. The van der Waals surface area contributed by atoms with Gasteiger partial charge in [0.1, 0.15) is 0 Å². The summed E-state index contributed by atoms with van der Waals surface area (Å²) in [6.07, 6.45) is 17.0. The molecule has 0 aromatic heterocycles. The fourth-order valence-corrected chi connectivity index (χ4v) is 2.04. The van der Waals surface area contributed by atoms with E-state index in [1.807, 2.05) is 0 Å². The highest BCUT2D eigenvalue weighted by Gasteiger charge is 1.91. The van der Waals surface area contributed by atoms with Crippen LogP contribution in [0.3, 0.4) is 0 Å². The third kappa shape index (κ3) is 12.4. The molecule has 0 aromatic carbocycles. The minimum absolute atomic E-state index is 1.18. The normalized spacial score (nSPS) is 10.7. The van der Waals surface area contributed by atoms with Gasteiger partial charge in [-0.25, -0.2) is 0 Å². The fraction of sp³-hybridized carbons (Fsp3) is 1.00. The molecule has 0 atom stereocenters. The largest absolute Gasteiger partial charge is 0.0992 e. The van der Waals surface area contributed by atoms with Gasteiger partial charge in [0.25, 0.3) is 0 Å². The third-order valence-electron chi connectivity index (χ3n) is 2.78. The molecule has 1 heteroatoms. The van der Waals surface area contributed by atoms with Crippen LogP contribution in [0.25, 0.3) is 0 Å². The van der Waals surface area contributed by atoms with Gasteiger partial charge in [-0.2, -0.15) is 0 Å². The first-order valence-electron chi connectivity index (χ1n) is 6.56. The lowest BCUT2D eigenvalue weighted by Gasteiger charge is -2.01. The molecule has 0 aliphatic rings. The van der Waals surface area contributed by atoms with Crippen molar-refractivity contribution in [3.05, 3.63) is 0 Å². The van der Waals surface area contributed by atoms with Gasteiger partial charge in [-0.1, -0.05) is 80.4 Å². The molecule has 1 radical (unpaired) electrons. The van der Waals surface area contributed by atoms with Crippen LogP contribution in [0.1, 0.15) is 77.6 Å². The molecule has 0 nitrogen and oxygen atoms in total. The molecule has 0 rings (SSSR count). The van der Waals surface area contributed by atoms with E-state index in [4.69, 9.17) is 0 Å². The second kappa shape index (κ2) is 13.4. The van der Waals surface area contributed by atoms with Gasteiger partial charge in [-0.15, -0.1) is 0 Å². The van der Waals surface area contributed by atoms with E-state index >= 15 is 0 Å². The molecule has 0 amide bonds. The zero-order chi connectivity index (χ0) is 10.5. The van der Waals surface area contributed by atoms with Gasteiger partial charge in [-0.05, 0) is 12.6 Å². The van der Waals surface area contributed by atoms with Gasteiger partial charge in [0, 0.05) is 0 Å². The molecule has 0 aliphatic carbocycles. The summed E-state index contributed by atoms with van der Waals surface area (Å²) in [5.74, 6) is 0. The molecule has 0 saturated heterocycles. The molecule has 0 heterocycles. The van der Waals surface area contributed by atoms with E-state index in [2.05, 4.69) is 16.2 Å². The van der Waals surface area contributed by atoms with Crippen LogP contribution in [0.15, 0.2) is 0 Å². The van der Waals surface area contributed by atoms with Crippen molar-refractivity contribution in [1.82, 2.24) is 0 Å². The first kappa shape index (κ1) is 14.4. The molecular weight excluding hydrogens is 187 g/mol. The van der Waals surface area contributed by atoms with Crippen LogP contribution in [-0.2, 0) is 0 Å². The van der Waals surface area contributed by atoms with E-state index < -0.39 is 0 Å². The van der Waals surface area contributed by atoms with E-state index in [-0.39, 0.29) is 0 Å². The Kier molecular flexibility index (Phi) is 13.8. The standard InChI is InChI=1S/C13H28P/c1-2-3-4-5-6-7-8-9-10-11-12-13-14/h14H,2-13H2,1H3. The van der Waals surface area contributed by atoms with Crippen LogP contribution in [0, 0.1) is 0 Å². The molecular formula is C13H28P. The fourth-order valence-electron chi connectivity index (χ4n) is 1.79. The molecule has 0 bridgehead atoms. The van der Waals surface area contributed by atoms with Crippen molar-refractivity contribution in [2.45, 2.75) is 77.6 Å². The molecule has 0 unspecified atom stereocenters. The average Bonchev–Trinajstić information content (AvgIpc) is 2.21. The first-order valence-corrected chi connectivity index (χ1v) is 7.27. The second-order valence-electron chi connectivity index (χ2n) is 4.29. The van der Waals surface area contributed by atoms with Crippen molar-refractivity contribution in [2.24, 2.45) is 0 Å². The number of hydrogen-bond donors (Lipinski definition) is 0. The first-order chi connectivity index (χ1) is 6.91. The lowest BCUT2D eigenvalue weighted by molar-refractivity contribution is 0.555.